The fourth-order valence-corrected chi connectivity index (χ4v) is 4.01. The number of carbonyl (C=O) groups is 1. The van der Waals surface area contributed by atoms with Crippen molar-refractivity contribution in [2.45, 2.75) is 11.8 Å². The van der Waals surface area contributed by atoms with E-state index in [-0.39, 0.29) is 16.4 Å². The van der Waals surface area contributed by atoms with Crippen molar-refractivity contribution in [1.29, 1.82) is 0 Å². The van der Waals surface area contributed by atoms with Crippen molar-refractivity contribution >= 4 is 21.4 Å². The van der Waals surface area contributed by atoms with Crippen LogP contribution in [0, 0.1) is 6.92 Å². The number of hydrogen-bond acceptors (Lipinski definition) is 4. The average molecular weight is 358 g/mol. The van der Waals surface area contributed by atoms with Crippen LogP contribution in [0.5, 0.6) is 0 Å². The van der Waals surface area contributed by atoms with Gasteiger partial charge < -0.3 is 9.80 Å². The number of sulfone groups is 1. The second kappa shape index (κ2) is 6.88. The number of benzene rings is 2. The van der Waals surface area contributed by atoms with Crippen molar-refractivity contribution in [2.24, 2.45) is 0 Å². The molecular weight excluding hydrogens is 336 g/mol. The van der Waals surface area contributed by atoms with Crippen LogP contribution in [-0.2, 0) is 9.84 Å². The van der Waals surface area contributed by atoms with Gasteiger partial charge in [0.05, 0.1) is 10.5 Å². The van der Waals surface area contributed by atoms with Crippen molar-refractivity contribution in [3.05, 3.63) is 59.7 Å². The maximum atomic E-state index is 12.8. The van der Waals surface area contributed by atoms with Gasteiger partial charge in [-0.15, -0.1) is 0 Å². The molecule has 0 atom stereocenters. The zero-order chi connectivity index (χ0) is 18.0. The average Bonchev–Trinajstić information content (AvgIpc) is 2.60. The Hall–Kier alpha value is -2.34. The van der Waals surface area contributed by atoms with Crippen molar-refractivity contribution in [1.82, 2.24) is 4.90 Å². The number of anilines is 1. The summed E-state index contributed by atoms with van der Waals surface area (Å²) in [7, 11) is -3.43. The molecule has 5 nitrogen and oxygen atoms in total. The van der Waals surface area contributed by atoms with Crippen LogP contribution in [0.3, 0.4) is 0 Å². The molecule has 2 aromatic carbocycles. The predicted molar refractivity (Wildman–Crippen MR) is 98.8 cm³/mol. The number of rotatable bonds is 3. The van der Waals surface area contributed by atoms with Crippen molar-refractivity contribution in [3.8, 4) is 0 Å². The quantitative estimate of drug-likeness (QED) is 0.845. The van der Waals surface area contributed by atoms with Gasteiger partial charge in [0, 0.05) is 38.1 Å². The van der Waals surface area contributed by atoms with E-state index >= 15 is 0 Å². The van der Waals surface area contributed by atoms with Gasteiger partial charge in [-0.25, -0.2) is 8.42 Å². The van der Waals surface area contributed by atoms with Gasteiger partial charge in [-0.1, -0.05) is 24.3 Å². The number of aryl methyl sites for hydroxylation is 1. The van der Waals surface area contributed by atoms with E-state index in [0.29, 0.717) is 13.1 Å². The molecule has 6 heteroatoms. The molecule has 2 aromatic rings. The first-order valence-corrected chi connectivity index (χ1v) is 10.2. The highest BCUT2D eigenvalue weighted by Crippen LogP contribution is 2.21. The van der Waals surface area contributed by atoms with Crippen LogP contribution in [0.25, 0.3) is 0 Å². The molecule has 1 aliphatic rings. The number of nitrogens with zero attached hydrogens (tertiary/aromatic N) is 2. The van der Waals surface area contributed by atoms with E-state index in [9.17, 15) is 13.2 Å². The molecule has 132 valence electrons. The molecule has 1 aliphatic heterocycles. The largest absolute Gasteiger partial charge is 0.368 e. The van der Waals surface area contributed by atoms with Gasteiger partial charge in [0.2, 0.25) is 0 Å². The summed E-state index contributed by atoms with van der Waals surface area (Å²) in [4.78, 5) is 16.9. The molecule has 0 radical (unpaired) electrons. The molecule has 0 aromatic heterocycles. The summed E-state index contributed by atoms with van der Waals surface area (Å²) in [6, 6.07) is 14.7. The fourth-order valence-electron chi connectivity index (χ4n) is 3.13. The summed E-state index contributed by atoms with van der Waals surface area (Å²) < 4.78 is 23.9. The predicted octanol–water partition coefficient (Wildman–Crippen LogP) is 2.36. The summed E-state index contributed by atoms with van der Waals surface area (Å²) in [5.41, 5.74) is 2.62. The smallest absolute Gasteiger partial charge is 0.255 e. The highest BCUT2D eigenvalue weighted by atomic mass is 32.2. The maximum absolute atomic E-state index is 12.8. The molecular formula is C19H22N2O3S. The Labute approximate surface area is 148 Å². The first kappa shape index (κ1) is 17.5. The maximum Gasteiger partial charge on any atom is 0.255 e. The van der Waals surface area contributed by atoms with Crippen LogP contribution >= 0.6 is 0 Å². The van der Waals surface area contributed by atoms with E-state index < -0.39 is 9.84 Å². The Balaban J connectivity index is 1.75. The van der Waals surface area contributed by atoms with E-state index in [1.807, 2.05) is 6.07 Å². The summed E-state index contributed by atoms with van der Waals surface area (Å²) in [5, 5.41) is 0. The number of amides is 1. The normalized spacial score (nSPS) is 15.3. The van der Waals surface area contributed by atoms with E-state index in [1.54, 1.807) is 23.1 Å². The van der Waals surface area contributed by atoms with Crippen LogP contribution in [0.4, 0.5) is 5.69 Å². The van der Waals surface area contributed by atoms with E-state index in [4.69, 9.17) is 0 Å². The molecule has 0 aliphatic carbocycles. The molecule has 1 saturated heterocycles. The minimum absolute atomic E-state index is 0.0983. The molecule has 0 bridgehead atoms. The molecule has 25 heavy (non-hydrogen) atoms. The van der Waals surface area contributed by atoms with Crippen LogP contribution in [0.1, 0.15) is 15.9 Å². The SMILES string of the molecule is Cc1cccc(N2CCN(C(=O)c3ccccc3S(C)(=O)=O)CC2)c1. The Morgan fingerprint density at radius 1 is 0.960 bits per heavy atom. The topological polar surface area (TPSA) is 57.7 Å². The Bertz CT molecular complexity index is 885. The summed E-state index contributed by atoms with van der Waals surface area (Å²) in [6.45, 7) is 4.67. The van der Waals surface area contributed by atoms with Crippen LogP contribution in [0.2, 0.25) is 0 Å². The summed E-state index contributed by atoms with van der Waals surface area (Å²) in [5.74, 6) is -0.218. The summed E-state index contributed by atoms with van der Waals surface area (Å²) in [6.07, 6.45) is 1.13. The van der Waals surface area contributed by atoms with Gasteiger partial charge in [-0.3, -0.25) is 4.79 Å². The zero-order valence-corrected chi connectivity index (χ0v) is 15.3. The molecule has 0 saturated carbocycles. The first-order chi connectivity index (χ1) is 11.9. The van der Waals surface area contributed by atoms with Crippen molar-refractivity contribution in [3.63, 3.8) is 0 Å². The molecule has 1 amide bonds. The summed E-state index contributed by atoms with van der Waals surface area (Å²) >= 11 is 0. The Morgan fingerprint density at radius 3 is 2.28 bits per heavy atom. The number of hydrogen-bond donors (Lipinski definition) is 0. The monoisotopic (exact) mass is 358 g/mol. The molecule has 0 spiro atoms. The standard InChI is InChI=1S/C19H22N2O3S/c1-15-6-5-7-16(14-15)20-10-12-21(13-11-20)19(22)17-8-3-4-9-18(17)25(2,23)24/h3-9,14H,10-13H2,1-2H3. The molecule has 1 heterocycles. The van der Waals surface area contributed by atoms with Gasteiger partial charge in [0.1, 0.15) is 0 Å². The highest BCUT2D eigenvalue weighted by molar-refractivity contribution is 7.90. The lowest BCUT2D eigenvalue weighted by atomic mass is 10.1. The lowest BCUT2D eigenvalue weighted by Crippen LogP contribution is -2.49. The van der Waals surface area contributed by atoms with Crippen LogP contribution in [-0.4, -0.2) is 51.7 Å². The van der Waals surface area contributed by atoms with Gasteiger partial charge in [-0.2, -0.15) is 0 Å². The molecule has 0 unspecified atom stereocenters. The van der Waals surface area contributed by atoms with Gasteiger partial charge in [-0.05, 0) is 36.8 Å². The third kappa shape index (κ3) is 3.85. The fraction of sp³-hybridized carbons (Fsp3) is 0.316. The molecule has 3 rings (SSSR count). The van der Waals surface area contributed by atoms with E-state index in [0.717, 1.165) is 25.0 Å². The van der Waals surface area contributed by atoms with Crippen molar-refractivity contribution < 1.29 is 13.2 Å². The first-order valence-electron chi connectivity index (χ1n) is 8.26. The molecule has 1 fully saturated rings. The van der Waals surface area contributed by atoms with E-state index in [1.165, 1.54) is 11.6 Å². The van der Waals surface area contributed by atoms with Crippen LogP contribution in [0.15, 0.2) is 53.4 Å². The third-order valence-electron chi connectivity index (χ3n) is 4.45. The lowest BCUT2D eigenvalue weighted by molar-refractivity contribution is 0.0743. The second-order valence-electron chi connectivity index (χ2n) is 6.39. The second-order valence-corrected chi connectivity index (χ2v) is 8.37. The Kier molecular flexibility index (Phi) is 4.81. The van der Waals surface area contributed by atoms with Gasteiger partial charge >= 0.3 is 0 Å². The lowest BCUT2D eigenvalue weighted by Gasteiger charge is -2.36. The number of carbonyl (C=O) groups excluding carboxylic acids is 1. The number of piperazine rings is 1. The van der Waals surface area contributed by atoms with Gasteiger partial charge in [0.15, 0.2) is 9.84 Å². The minimum atomic E-state index is -3.43. The Morgan fingerprint density at radius 2 is 1.64 bits per heavy atom. The van der Waals surface area contributed by atoms with Gasteiger partial charge in [0.25, 0.3) is 5.91 Å². The van der Waals surface area contributed by atoms with Crippen molar-refractivity contribution in [2.75, 3.05) is 37.3 Å². The highest BCUT2D eigenvalue weighted by Gasteiger charge is 2.26. The van der Waals surface area contributed by atoms with E-state index in [2.05, 4.69) is 30.0 Å². The zero-order valence-electron chi connectivity index (χ0n) is 14.5. The third-order valence-corrected chi connectivity index (χ3v) is 5.61. The molecule has 0 N–H and O–H groups in total. The van der Waals surface area contributed by atoms with Crippen LogP contribution < -0.4 is 4.90 Å². The minimum Gasteiger partial charge on any atom is -0.368 e.